The van der Waals surface area contributed by atoms with E-state index in [-0.39, 0.29) is 18.3 Å². The standard InChI is InChI=1S/C11H21NO3/c1-6-7(2)10(5-14-9(4)13)15-11(12)8(6)3/h6-8,10-11H,5,12H2,1-4H3. The summed E-state index contributed by atoms with van der Waals surface area (Å²) in [4.78, 5) is 10.7. The van der Waals surface area contributed by atoms with Crippen molar-refractivity contribution in [1.82, 2.24) is 0 Å². The van der Waals surface area contributed by atoms with E-state index in [0.717, 1.165) is 0 Å². The van der Waals surface area contributed by atoms with Crippen LogP contribution in [0, 0.1) is 17.8 Å². The highest BCUT2D eigenvalue weighted by atomic mass is 16.6. The predicted octanol–water partition coefficient (Wildman–Crippen LogP) is 1.14. The summed E-state index contributed by atoms with van der Waals surface area (Å²) in [5.74, 6) is 0.910. The lowest BCUT2D eigenvalue weighted by atomic mass is 9.79. The molecule has 4 nitrogen and oxygen atoms in total. The zero-order chi connectivity index (χ0) is 11.6. The van der Waals surface area contributed by atoms with Crippen molar-refractivity contribution in [2.75, 3.05) is 6.61 Å². The maximum Gasteiger partial charge on any atom is 0.302 e. The second-order valence-corrected chi connectivity index (χ2v) is 4.52. The smallest absolute Gasteiger partial charge is 0.302 e. The molecule has 0 aromatic carbocycles. The van der Waals surface area contributed by atoms with E-state index in [1.165, 1.54) is 6.92 Å². The van der Waals surface area contributed by atoms with Crippen LogP contribution < -0.4 is 5.73 Å². The van der Waals surface area contributed by atoms with Crippen LogP contribution in [0.15, 0.2) is 0 Å². The van der Waals surface area contributed by atoms with Gasteiger partial charge in [-0.05, 0) is 17.8 Å². The van der Waals surface area contributed by atoms with E-state index in [9.17, 15) is 4.79 Å². The van der Waals surface area contributed by atoms with Gasteiger partial charge in [-0.2, -0.15) is 0 Å². The third-order valence-electron chi connectivity index (χ3n) is 3.55. The van der Waals surface area contributed by atoms with Crippen LogP contribution in [-0.2, 0) is 14.3 Å². The quantitative estimate of drug-likeness (QED) is 0.702. The molecule has 0 spiro atoms. The van der Waals surface area contributed by atoms with Gasteiger partial charge in [0.15, 0.2) is 0 Å². The highest BCUT2D eigenvalue weighted by Crippen LogP contribution is 2.33. The van der Waals surface area contributed by atoms with Gasteiger partial charge in [-0.3, -0.25) is 4.79 Å². The Morgan fingerprint density at radius 1 is 1.27 bits per heavy atom. The highest BCUT2D eigenvalue weighted by Gasteiger charge is 2.37. The number of esters is 1. The molecule has 0 aromatic heterocycles. The summed E-state index contributed by atoms with van der Waals surface area (Å²) in [6.45, 7) is 8.08. The molecule has 1 saturated heterocycles. The van der Waals surface area contributed by atoms with Crippen LogP contribution >= 0.6 is 0 Å². The van der Waals surface area contributed by atoms with Crippen LogP contribution in [0.4, 0.5) is 0 Å². The molecule has 0 radical (unpaired) electrons. The van der Waals surface area contributed by atoms with Gasteiger partial charge >= 0.3 is 5.97 Å². The van der Waals surface area contributed by atoms with Crippen LogP contribution in [0.25, 0.3) is 0 Å². The Hall–Kier alpha value is -0.610. The molecule has 1 heterocycles. The second kappa shape index (κ2) is 4.94. The molecular formula is C11H21NO3. The first-order chi connectivity index (χ1) is 6.93. The van der Waals surface area contributed by atoms with Crippen molar-refractivity contribution in [3.8, 4) is 0 Å². The van der Waals surface area contributed by atoms with Crippen molar-refractivity contribution in [2.24, 2.45) is 23.5 Å². The van der Waals surface area contributed by atoms with Crippen molar-refractivity contribution in [2.45, 2.75) is 40.0 Å². The molecule has 0 amide bonds. The minimum absolute atomic E-state index is 0.0740. The second-order valence-electron chi connectivity index (χ2n) is 4.52. The normalized spacial score (nSPS) is 41.3. The minimum Gasteiger partial charge on any atom is -0.463 e. The van der Waals surface area contributed by atoms with Crippen molar-refractivity contribution in [3.63, 3.8) is 0 Å². The molecule has 1 rings (SSSR count). The highest BCUT2D eigenvalue weighted by molar-refractivity contribution is 5.65. The SMILES string of the molecule is CC(=O)OCC1OC(N)C(C)C(C)C1C. The Labute approximate surface area is 91.1 Å². The zero-order valence-electron chi connectivity index (χ0n) is 9.90. The van der Waals surface area contributed by atoms with Crippen molar-refractivity contribution < 1.29 is 14.3 Å². The molecule has 2 N–H and O–H groups in total. The number of carbonyl (C=O) groups is 1. The predicted molar refractivity (Wildman–Crippen MR) is 57.0 cm³/mol. The fourth-order valence-electron chi connectivity index (χ4n) is 1.96. The van der Waals surface area contributed by atoms with Crippen LogP contribution in [0.2, 0.25) is 0 Å². The molecule has 0 saturated carbocycles. The average Bonchev–Trinajstić information content (AvgIpc) is 2.18. The Balaban J connectivity index is 2.54. The van der Waals surface area contributed by atoms with Crippen LogP contribution in [-0.4, -0.2) is 24.9 Å². The van der Waals surface area contributed by atoms with Crippen molar-refractivity contribution in [1.29, 1.82) is 0 Å². The van der Waals surface area contributed by atoms with Gasteiger partial charge in [-0.15, -0.1) is 0 Å². The van der Waals surface area contributed by atoms with E-state index in [1.54, 1.807) is 0 Å². The van der Waals surface area contributed by atoms with Crippen molar-refractivity contribution in [3.05, 3.63) is 0 Å². The zero-order valence-corrected chi connectivity index (χ0v) is 9.90. The van der Waals surface area contributed by atoms with Gasteiger partial charge in [0.25, 0.3) is 0 Å². The number of hydrogen-bond donors (Lipinski definition) is 1. The van der Waals surface area contributed by atoms with Gasteiger partial charge < -0.3 is 15.2 Å². The van der Waals surface area contributed by atoms with E-state index < -0.39 is 0 Å². The number of hydrogen-bond acceptors (Lipinski definition) is 4. The Morgan fingerprint density at radius 2 is 1.87 bits per heavy atom. The summed E-state index contributed by atoms with van der Waals surface area (Å²) < 4.78 is 10.6. The first kappa shape index (κ1) is 12.5. The summed E-state index contributed by atoms with van der Waals surface area (Å²) in [6, 6.07) is 0. The summed E-state index contributed by atoms with van der Waals surface area (Å²) >= 11 is 0. The molecule has 15 heavy (non-hydrogen) atoms. The monoisotopic (exact) mass is 215 g/mol. The van der Waals surface area contributed by atoms with E-state index in [0.29, 0.717) is 24.4 Å². The first-order valence-electron chi connectivity index (χ1n) is 5.48. The molecular weight excluding hydrogens is 194 g/mol. The molecule has 0 bridgehead atoms. The van der Waals surface area contributed by atoms with E-state index >= 15 is 0 Å². The minimum atomic E-state index is -0.273. The number of carbonyl (C=O) groups excluding carboxylic acids is 1. The molecule has 4 heteroatoms. The summed E-state index contributed by atoms with van der Waals surface area (Å²) in [5, 5.41) is 0. The third-order valence-corrected chi connectivity index (χ3v) is 3.55. The number of ether oxygens (including phenoxy) is 2. The Morgan fingerprint density at radius 3 is 2.40 bits per heavy atom. The van der Waals surface area contributed by atoms with E-state index in [1.807, 2.05) is 0 Å². The fourth-order valence-corrected chi connectivity index (χ4v) is 1.96. The van der Waals surface area contributed by atoms with Gasteiger partial charge in [0, 0.05) is 6.92 Å². The fraction of sp³-hybridized carbons (Fsp3) is 0.909. The molecule has 88 valence electrons. The molecule has 1 aliphatic rings. The molecule has 5 unspecified atom stereocenters. The number of rotatable bonds is 2. The summed E-state index contributed by atoms with van der Waals surface area (Å²) in [6.07, 6.45) is -0.327. The molecule has 0 aliphatic carbocycles. The first-order valence-corrected chi connectivity index (χ1v) is 5.48. The van der Waals surface area contributed by atoms with Gasteiger partial charge in [0.05, 0.1) is 6.10 Å². The molecule has 1 fully saturated rings. The largest absolute Gasteiger partial charge is 0.463 e. The van der Waals surface area contributed by atoms with Crippen LogP contribution in [0.1, 0.15) is 27.7 Å². The summed E-state index contributed by atoms with van der Waals surface area (Å²) in [5.41, 5.74) is 5.86. The lowest BCUT2D eigenvalue weighted by molar-refractivity contribution is -0.167. The number of nitrogens with two attached hydrogens (primary N) is 1. The van der Waals surface area contributed by atoms with Crippen LogP contribution in [0.3, 0.4) is 0 Å². The Bertz CT molecular complexity index is 232. The van der Waals surface area contributed by atoms with E-state index in [4.69, 9.17) is 15.2 Å². The topological polar surface area (TPSA) is 61.5 Å². The molecule has 5 atom stereocenters. The van der Waals surface area contributed by atoms with Gasteiger partial charge in [-0.25, -0.2) is 0 Å². The lowest BCUT2D eigenvalue weighted by Gasteiger charge is -2.41. The van der Waals surface area contributed by atoms with Gasteiger partial charge in [-0.1, -0.05) is 20.8 Å². The third kappa shape index (κ3) is 2.92. The average molecular weight is 215 g/mol. The van der Waals surface area contributed by atoms with E-state index in [2.05, 4.69) is 20.8 Å². The maximum atomic E-state index is 10.7. The lowest BCUT2D eigenvalue weighted by Crippen LogP contribution is -2.50. The van der Waals surface area contributed by atoms with Gasteiger partial charge in [0.1, 0.15) is 12.8 Å². The molecule has 0 aromatic rings. The maximum absolute atomic E-state index is 10.7. The van der Waals surface area contributed by atoms with Gasteiger partial charge in [0.2, 0.25) is 0 Å². The van der Waals surface area contributed by atoms with Crippen molar-refractivity contribution >= 4 is 5.97 Å². The van der Waals surface area contributed by atoms with Crippen LogP contribution in [0.5, 0.6) is 0 Å². The molecule has 1 aliphatic heterocycles. The summed E-state index contributed by atoms with van der Waals surface area (Å²) in [7, 11) is 0. The Kier molecular flexibility index (Phi) is 4.11.